The average Bonchev–Trinajstić information content (AvgIpc) is 2.66. The van der Waals surface area contributed by atoms with Gasteiger partial charge in [0.1, 0.15) is 0 Å². The van der Waals surface area contributed by atoms with E-state index < -0.39 is 0 Å². The molecule has 7 heteroatoms. The second kappa shape index (κ2) is 11.0. The number of hydrogen-bond acceptors (Lipinski definition) is 5. The molecule has 2 amide bonds. The van der Waals surface area contributed by atoms with E-state index in [2.05, 4.69) is 10.6 Å². The molecule has 0 aromatic carbocycles. The maximum Gasteiger partial charge on any atom is 0.315 e. The third kappa shape index (κ3) is 6.88. The van der Waals surface area contributed by atoms with Gasteiger partial charge in [0.15, 0.2) is 0 Å². The van der Waals surface area contributed by atoms with Crippen molar-refractivity contribution in [2.45, 2.75) is 89.5 Å². The summed E-state index contributed by atoms with van der Waals surface area (Å²) in [6, 6.07) is -0.0908. The predicted molar refractivity (Wildman–Crippen MR) is 113 cm³/mol. The Morgan fingerprint density at radius 1 is 0.833 bits per heavy atom. The van der Waals surface area contributed by atoms with E-state index in [-0.39, 0.29) is 23.5 Å². The van der Waals surface area contributed by atoms with E-state index >= 15 is 0 Å². The Labute approximate surface area is 180 Å². The van der Waals surface area contributed by atoms with E-state index in [1.807, 2.05) is 0 Å². The fourth-order valence-electron chi connectivity index (χ4n) is 6.02. The summed E-state index contributed by atoms with van der Waals surface area (Å²) in [4.78, 5) is 35.4. The van der Waals surface area contributed by atoms with Crippen molar-refractivity contribution in [1.82, 2.24) is 10.6 Å². The number of unbranched alkanes of at least 4 members (excludes halogenated alkanes) is 2. The minimum atomic E-state index is -0.233. The molecule has 0 radical (unpaired) electrons. The predicted octanol–water partition coefficient (Wildman–Crippen LogP) is 3.70. The topological polar surface area (TPSA) is 93.7 Å². The van der Waals surface area contributed by atoms with Crippen molar-refractivity contribution in [3.05, 3.63) is 0 Å². The lowest BCUT2D eigenvalue weighted by Gasteiger charge is -2.56. The lowest BCUT2D eigenvalue weighted by Crippen LogP contribution is -2.61. The molecule has 170 valence electrons. The van der Waals surface area contributed by atoms with Crippen LogP contribution in [-0.4, -0.2) is 43.3 Å². The summed E-state index contributed by atoms with van der Waals surface area (Å²) in [5, 5.41) is 6.20. The molecule has 0 aromatic rings. The van der Waals surface area contributed by atoms with Gasteiger partial charge in [-0.2, -0.15) is 0 Å². The molecule has 0 saturated heterocycles. The highest BCUT2D eigenvalue weighted by atomic mass is 16.5. The van der Waals surface area contributed by atoms with Gasteiger partial charge >= 0.3 is 18.0 Å². The number of esters is 2. The van der Waals surface area contributed by atoms with Gasteiger partial charge in [0.25, 0.3) is 0 Å². The average molecular weight is 423 g/mol. The largest absolute Gasteiger partial charge is 0.466 e. The van der Waals surface area contributed by atoms with Gasteiger partial charge in [0, 0.05) is 24.9 Å². The van der Waals surface area contributed by atoms with Crippen LogP contribution in [0.2, 0.25) is 0 Å². The minimum absolute atomic E-state index is 0.0189. The Balaban J connectivity index is 1.19. The number of urea groups is 1. The van der Waals surface area contributed by atoms with Crippen LogP contribution in [0.5, 0.6) is 0 Å². The second-order valence-corrected chi connectivity index (χ2v) is 9.52. The van der Waals surface area contributed by atoms with E-state index in [1.54, 1.807) is 6.92 Å². The summed E-state index contributed by atoms with van der Waals surface area (Å²) in [6.07, 6.45) is 11.1. The van der Waals surface area contributed by atoms with Gasteiger partial charge in [0.2, 0.25) is 0 Å². The molecule has 4 aliphatic rings. The van der Waals surface area contributed by atoms with Crippen LogP contribution in [0.1, 0.15) is 84.0 Å². The molecule has 2 N–H and O–H groups in total. The van der Waals surface area contributed by atoms with E-state index in [0.29, 0.717) is 39.0 Å². The van der Waals surface area contributed by atoms with Crippen LogP contribution in [0.25, 0.3) is 0 Å². The molecule has 0 heterocycles. The van der Waals surface area contributed by atoms with Gasteiger partial charge in [-0.25, -0.2) is 4.79 Å². The molecule has 0 unspecified atom stereocenters. The fourth-order valence-corrected chi connectivity index (χ4v) is 6.02. The number of carbonyl (C=O) groups excluding carboxylic acids is 3. The van der Waals surface area contributed by atoms with Gasteiger partial charge in [0.05, 0.1) is 13.2 Å². The maximum absolute atomic E-state index is 12.4. The molecule has 4 bridgehead atoms. The SMILES string of the molecule is CCOC(=O)CCCCCOC(=O)CCCNC(=O)NC12CC3CC(CC(C3)C1)C2. The highest BCUT2D eigenvalue weighted by Crippen LogP contribution is 2.55. The lowest BCUT2D eigenvalue weighted by atomic mass is 9.53. The Kier molecular flexibility index (Phi) is 8.40. The molecular weight excluding hydrogens is 384 g/mol. The third-order valence-corrected chi connectivity index (χ3v) is 6.85. The first-order valence-electron chi connectivity index (χ1n) is 11.9. The molecule has 4 rings (SSSR count). The molecule has 4 saturated carbocycles. The van der Waals surface area contributed by atoms with Gasteiger partial charge in [-0.3, -0.25) is 9.59 Å². The van der Waals surface area contributed by atoms with Crippen molar-refractivity contribution in [1.29, 1.82) is 0 Å². The van der Waals surface area contributed by atoms with Crippen molar-refractivity contribution in [3.8, 4) is 0 Å². The molecule has 4 fully saturated rings. The van der Waals surface area contributed by atoms with E-state index in [0.717, 1.165) is 56.3 Å². The van der Waals surface area contributed by atoms with E-state index in [9.17, 15) is 14.4 Å². The standard InChI is InChI=1S/C23H38N2O5/c1-2-29-20(26)7-4-3-5-10-30-21(27)8-6-9-24-22(28)25-23-14-17-11-18(15-23)13-19(12-17)16-23/h17-19H,2-16H2,1H3,(H2,24,25,28). The van der Waals surface area contributed by atoms with Crippen molar-refractivity contribution < 1.29 is 23.9 Å². The van der Waals surface area contributed by atoms with Gasteiger partial charge in [-0.1, -0.05) is 0 Å². The minimum Gasteiger partial charge on any atom is -0.466 e. The van der Waals surface area contributed by atoms with Crippen LogP contribution in [0, 0.1) is 17.8 Å². The smallest absolute Gasteiger partial charge is 0.315 e. The first-order valence-corrected chi connectivity index (χ1v) is 11.9. The van der Waals surface area contributed by atoms with E-state index in [4.69, 9.17) is 9.47 Å². The first kappa shape index (κ1) is 22.9. The molecule has 0 atom stereocenters. The Bertz CT molecular complexity index is 571. The zero-order valence-electron chi connectivity index (χ0n) is 18.4. The zero-order valence-corrected chi connectivity index (χ0v) is 18.4. The number of hydrogen-bond donors (Lipinski definition) is 2. The summed E-state index contributed by atoms with van der Waals surface area (Å²) >= 11 is 0. The summed E-state index contributed by atoms with van der Waals surface area (Å²) < 4.78 is 10.1. The van der Waals surface area contributed by atoms with E-state index in [1.165, 1.54) is 19.3 Å². The highest BCUT2D eigenvalue weighted by molar-refractivity contribution is 5.75. The molecule has 0 spiro atoms. The van der Waals surface area contributed by atoms with Crippen LogP contribution < -0.4 is 10.6 Å². The van der Waals surface area contributed by atoms with Gasteiger partial charge < -0.3 is 20.1 Å². The van der Waals surface area contributed by atoms with Crippen molar-refractivity contribution in [3.63, 3.8) is 0 Å². The number of ether oxygens (including phenoxy) is 2. The molecule has 30 heavy (non-hydrogen) atoms. The van der Waals surface area contributed by atoms with Gasteiger partial charge in [-0.05, 0) is 88.9 Å². The van der Waals surface area contributed by atoms with Crippen LogP contribution in [0.15, 0.2) is 0 Å². The van der Waals surface area contributed by atoms with Gasteiger partial charge in [-0.15, -0.1) is 0 Å². The van der Waals surface area contributed by atoms with Crippen LogP contribution >= 0.6 is 0 Å². The number of rotatable bonds is 12. The third-order valence-electron chi connectivity index (χ3n) is 6.85. The monoisotopic (exact) mass is 422 g/mol. The molecule has 7 nitrogen and oxygen atoms in total. The van der Waals surface area contributed by atoms with Crippen LogP contribution in [0.4, 0.5) is 4.79 Å². The molecule has 0 aliphatic heterocycles. The summed E-state index contributed by atoms with van der Waals surface area (Å²) in [6.45, 7) is 3.06. The van der Waals surface area contributed by atoms with Crippen molar-refractivity contribution in [2.75, 3.05) is 19.8 Å². The normalized spacial score (nSPS) is 28.8. The number of nitrogens with one attached hydrogen (secondary N) is 2. The Morgan fingerprint density at radius 3 is 2.07 bits per heavy atom. The molecular formula is C23H38N2O5. The highest BCUT2D eigenvalue weighted by Gasteiger charge is 2.51. The number of amides is 2. The Hall–Kier alpha value is -1.79. The van der Waals surface area contributed by atoms with Crippen LogP contribution in [0.3, 0.4) is 0 Å². The van der Waals surface area contributed by atoms with Crippen molar-refractivity contribution >= 4 is 18.0 Å². The maximum atomic E-state index is 12.4. The summed E-state index contributed by atoms with van der Waals surface area (Å²) in [7, 11) is 0. The summed E-state index contributed by atoms with van der Waals surface area (Å²) in [5.74, 6) is 2.00. The molecule has 4 aliphatic carbocycles. The molecule has 0 aromatic heterocycles. The second-order valence-electron chi connectivity index (χ2n) is 9.52. The Morgan fingerprint density at radius 2 is 1.43 bits per heavy atom. The number of carbonyl (C=O) groups is 3. The summed E-state index contributed by atoms with van der Waals surface area (Å²) in [5.41, 5.74) is 0.0189. The lowest BCUT2D eigenvalue weighted by molar-refractivity contribution is -0.145. The fraction of sp³-hybridized carbons (Fsp3) is 0.870. The van der Waals surface area contributed by atoms with Crippen molar-refractivity contribution in [2.24, 2.45) is 17.8 Å². The quantitative estimate of drug-likeness (QED) is 0.369. The zero-order chi connectivity index (χ0) is 21.4. The first-order chi connectivity index (χ1) is 14.5. The van der Waals surface area contributed by atoms with Crippen LogP contribution in [-0.2, 0) is 19.1 Å².